The maximum atomic E-state index is 12.6. The fourth-order valence-corrected chi connectivity index (χ4v) is 3.06. The lowest BCUT2D eigenvalue weighted by Gasteiger charge is -2.14. The first kappa shape index (κ1) is 17.9. The lowest BCUT2D eigenvalue weighted by Crippen LogP contribution is -2.39. The van der Waals surface area contributed by atoms with Gasteiger partial charge in [-0.15, -0.1) is 0 Å². The SMILES string of the molecule is CCOC(=O)c1c[n+](C(C)C)c(-c2ccccc2)cc1-c1ccccc1. The van der Waals surface area contributed by atoms with Gasteiger partial charge >= 0.3 is 5.97 Å². The number of hydrogen-bond acceptors (Lipinski definition) is 2. The van der Waals surface area contributed by atoms with Crippen molar-refractivity contribution < 1.29 is 14.1 Å². The Labute approximate surface area is 154 Å². The Kier molecular flexibility index (Phi) is 5.47. The van der Waals surface area contributed by atoms with Crippen LogP contribution in [0.15, 0.2) is 72.9 Å². The molecule has 0 amide bonds. The number of esters is 1. The Morgan fingerprint density at radius 2 is 1.54 bits per heavy atom. The minimum Gasteiger partial charge on any atom is -0.462 e. The fourth-order valence-electron chi connectivity index (χ4n) is 3.06. The average Bonchev–Trinajstić information content (AvgIpc) is 2.68. The van der Waals surface area contributed by atoms with E-state index >= 15 is 0 Å². The number of carbonyl (C=O) groups is 1. The largest absolute Gasteiger partial charge is 0.462 e. The molecule has 1 heterocycles. The third-order valence-corrected chi connectivity index (χ3v) is 4.32. The van der Waals surface area contributed by atoms with E-state index in [0.29, 0.717) is 12.2 Å². The molecular weight excluding hydrogens is 322 g/mol. The van der Waals surface area contributed by atoms with Crippen LogP contribution in [0.25, 0.3) is 22.4 Å². The number of aromatic nitrogens is 1. The van der Waals surface area contributed by atoms with Crippen LogP contribution < -0.4 is 4.57 Å². The summed E-state index contributed by atoms with van der Waals surface area (Å²) in [6, 6.07) is 22.5. The van der Waals surface area contributed by atoms with Gasteiger partial charge in [0.1, 0.15) is 5.56 Å². The summed E-state index contributed by atoms with van der Waals surface area (Å²) in [5.41, 5.74) is 4.68. The molecule has 0 N–H and O–H groups in total. The molecule has 132 valence electrons. The zero-order valence-electron chi connectivity index (χ0n) is 15.5. The summed E-state index contributed by atoms with van der Waals surface area (Å²) in [7, 11) is 0. The van der Waals surface area contributed by atoms with Gasteiger partial charge < -0.3 is 4.74 Å². The van der Waals surface area contributed by atoms with Crippen molar-refractivity contribution in [2.24, 2.45) is 0 Å². The van der Waals surface area contributed by atoms with E-state index in [0.717, 1.165) is 22.4 Å². The Morgan fingerprint density at radius 1 is 0.962 bits per heavy atom. The van der Waals surface area contributed by atoms with Crippen LogP contribution in [-0.4, -0.2) is 12.6 Å². The van der Waals surface area contributed by atoms with Gasteiger partial charge in [-0.1, -0.05) is 48.5 Å². The molecule has 0 saturated heterocycles. The molecule has 2 aromatic carbocycles. The predicted octanol–water partition coefficient (Wildman–Crippen LogP) is 5.07. The van der Waals surface area contributed by atoms with Crippen molar-refractivity contribution in [3.63, 3.8) is 0 Å². The highest BCUT2D eigenvalue weighted by molar-refractivity contribution is 5.97. The highest BCUT2D eigenvalue weighted by Gasteiger charge is 2.25. The highest BCUT2D eigenvalue weighted by atomic mass is 16.5. The van der Waals surface area contributed by atoms with E-state index in [4.69, 9.17) is 4.74 Å². The van der Waals surface area contributed by atoms with E-state index < -0.39 is 0 Å². The Hall–Kier alpha value is -2.94. The molecule has 0 atom stereocenters. The molecule has 3 heteroatoms. The quantitative estimate of drug-likeness (QED) is 0.477. The predicted molar refractivity (Wildman–Crippen MR) is 104 cm³/mol. The fraction of sp³-hybridized carbons (Fsp3) is 0.217. The van der Waals surface area contributed by atoms with Crippen molar-refractivity contribution in [2.75, 3.05) is 6.61 Å². The smallest absolute Gasteiger partial charge is 0.344 e. The van der Waals surface area contributed by atoms with Gasteiger partial charge in [0.25, 0.3) is 0 Å². The molecule has 3 rings (SSSR count). The highest BCUT2D eigenvalue weighted by Crippen LogP contribution is 2.28. The normalized spacial score (nSPS) is 10.8. The molecule has 0 bridgehead atoms. The number of carbonyl (C=O) groups excluding carboxylic acids is 1. The molecule has 0 spiro atoms. The zero-order valence-corrected chi connectivity index (χ0v) is 15.5. The maximum Gasteiger partial charge on any atom is 0.344 e. The second-order valence-electron chi connectivity index (χ2n) is 6.44. The van der Waals surface area contributed by atoms with Crippen LogP contribution in [0.1, 0.15) is 37.2 Å². The van der Waals surface area contributed by atoms with Gasteiger partial charge in [-0.25, -0.2) is 4.79 Å². The lowest BCUT2D eigenvalue weighted by molar-refractivity contribution is -0.705. The average molecular weight is 346 g/mol. The van der Waals surface area contributed by atoms with Crippen LogP contribution in [0.4, 0.5) is 0 Å². The second-order valence-corrected chi connectivity index (χ2v) is 6.44. The van der Waals surface area contributed by atoms with Gasteiger partial charge in [-0.3, -0.25) is 0 Å². The van der Waals surface area contributed by atoms with E-state index in [1.165, 1.54) is 0 Å². The number of benzene rings is 2. The standard InChI is InChI=1S/C23H24NO2/c1-4-26-23(25)21-16-24(17(2)3)22(19-13-9-6-10-14-19)15-20(21)18-11-7-5-8-12-18/h5-17H,4H2,1-3H3/q+1. The lowest BCUT2D eigenvalue weighted by atomic mass is 9.98. The molecule has 0 aliphatic heterocycles. The summed E-state index contributed by atoms with van der Waals surface area (Å²) in [5, 5.41) is 0. The van der Waals surface area contributed by atoms with E-state index in [1.807, 2.05) is 61.7 Å². The topological polar surface area (TPSA) is 30.2 Å². The van der Waals surface area contributed by atoms with E-state index in [9.17, 15) is 4.79 Å². The number of ether oxygens (including phenoxy) is 1. The van der Waals surface area contributed by atoms with Crippen LogP contribution in [0.3, 0.4) is 0 Å². The van der Waals surface area contributed by atoms with Crippen molar-refractivity contribution in [2.45, 2.75) is 26.8 Å². The summed E-state index contributed by atoms with van der Waals surface area (Å²) >= 11 is 0. The first-order valence-electron chi connectivity index (χ1n) is 8.99. The molecule has 3 aromatic rings. The third kappa shape index (κ3) is 3.67. The first-order chi connectivity index (χ1) is 12.6. The van der Waals surface area contributed by atoms with Crippen molar-refractivity contribution >= 4 is 5.97 Å². The number of nitrogens with zero attached hydrogens (tertiary/aromatic N) is 1. The van der Waals surface area contributed by atoms with E-state index in [1.54, 1.807) is 0 Å². The molecule has 1 aromatic heterocycles. The monoisotopic (exact) mass is 346 g/mol. The van der Waals surface area contributed by atoms with Crippen molar-refractivity contribution in [1.29, 1.82) is 0 Å². The summed E-state index contributed by atoms with van der Waals surface area (Å²) in [5.74, 6) is -0.291. The molecular formula is C23H24NO2+. The van der Waals surface area contributed by atoms with Gasteiger partial charge in [-0.2, -0.15) is 4.57 Å². The Morgan fingerprint density at radius 3 is 2.08 bits per heavy atom. The number of hydrogen-bond donors (Lipinski definition) is 0. The summed E-state index contributed by atoms with van der Waals surface area (Å²) in [6.07, 6.45) is 1.92. The molecule has 0 aliphatic rings. The number of rotatable bonds is 5. The molecule has 26 heavy (non-hydrogen) atoms. The molecule has 0 aliphatic carbocycles. The van der Waals surface area contributed by atoms with Gasteiger partial charge in [0, 0.05) is 17.2 Å². The van der Waals surface area contributed by atoms with Crippen LogP contribution in [0, 0.1) is 0 Å². The molecule has 0 saturated carbocycles. The third-order valence-electron chi connectivity index (χ3n) is 4.32. The molecule has 0 fully saturated rings. The van der Waals surface area contributed by atoms with Crippen LogP contribution in [-0.2, 0) is 4.74 Å². The minimum absolute atomic E-state index is 0.211. The zero-order chi connectivity index (χ0) is 18.5. The van der Waals surface area contributed by atoms with Crippen molar-refractivity contribution in [1.82, 2.24) is 0 Å². The minimum atomic E-state index is -0.291. The van der Waals surface area contributed by atoms with Crippen molar-refractivity contribution in [3.05, 3.63) is 78.5 Å². The van der Waals surface area contributed by atoms with Crippen molar-refractivity contribution in [3.8, 4) is 22.4 Å². The van der Waals surface area contributed by atoms with Crippen LogP contribution in [0.2, 0.25) is 0 Å². The molecule has 3 nitrogen and oxygen atoms in total. The Balaban J connectivity index is 2.28. The summed E-state index contributed by atoms with van der Waals surface area (Å²) in [6.45, 7) is 6.41. The first-order valence-corrected chi connectivity index (χ1v) is 8.99. The summed E-state index contributed by atoms with van der Waals surface area (Å²) < 4.78 is 7.45. The van der Waals surface area contributed by atoms with E-state index in [-0.39, 0.29) is 12.0 Å². The molecule has 0 unspecified atom stereocenters. The Bertz CT molecular complexity index is 887. The molecule has 0 radical (unpaired) electrons. The van der Waals surface area contributed by atoms with Gasteiger partial charge in [-0.05, 0) is 38.5 Å². The summed E-state index contributed by atoms with van der Waals surface area (Å²) in [4.78, 5) is 12.6. The van der Waals surface area contributed by atoms with Gasteiger partial charge in [0.2, 0.25) is 5.69 Å². The number of pyridine rings is 1. The van der Waals surface area contributed by atoms with Gasteiger partial charge in [0.15, 0.2) is 12.2 Å². The van der Waals surface area contributed by atoms with Gasteiger partial charge in [0.05, 0.1) is 6.61 Å². The van der Waals surface area contributed by atoms with E-state index in [2.05, 4.69) is 36.6 Å². The van der Waals surface area contributed by atoms with Crippen LogP contribution in [0.5, 0.6) is 0 Å². The van der Waals surface area contributed by atoms with Crippen LogP contribution >= 0.6 is 0 Å². The second kappa shape index (κ2) is 7.96. The maximum absolute atomic E-state index is 12.6.